The Bertz CT molecular complexity index is 762. The summed E-state index contributed by atoms with van der Waals surface area (Å²) >= 11 is 5.94. The van der Waals surface area contributed by atoms with Crippen molar-refractivity contribution in [3.05, 3.63) is 87.1 Å². The Morgan fingerprint density at radius 3 is 2.27 bits per heavy atom. The lowest BCUT2D eigenvalue weighted by Crippen LogP contribution is -2.14. The molecule has 0 fully saturated rings. The maximum atomic E-state index is 10.8. The number of dihydropyridines is 1. The van der Waals surface area contributed by atoms with Gasteiger partial charge in [-0.3, -0.25) is 10.1 Å². The molecule has 2 aromatic rings. The molecule has 0 amide bonds. The summed E-state index contributed by atoms with van der Waals surface area (Å²) in [6, 6.07) is 14.3. The van der Waals surface area contributed by atoms with Crippen molar-refractivity contribution in [3.63, 3.8) is 0 Å². The van der Waals surface area contributed by atoms with E-state index in [1.54, 1.807) is 12.1 Å². The number of nitrogens with one attached hydrogen (secondary N) is 1. The second-order valence-corrected chi connectivity index (χ2v) is 5.35. The topological polar surface area (TPSA) is 55.2 Å². The Morgan fingerprint density at radius 1 is 1.00 bits per heavy atom. The maximum Gasteiger partial charge on any atom is 0.269 e. The fourth-order valence-electron chi connectivity index (χ4n) is 2.44. The molecule has 0 bridgehead atoms. The van der Waals surface area contributed by atoms with Gasteiger partial charge >= 0.3 is 0 Å². The lowest BCUT2D eigenvalue weighted by molar-refractivity contribution is -0.384. The summed E-state index contributed by atoms with van der Waals surface area (Å²) in [5.41, 5.74) is 4.31. The highest BCUT2D eigenvalue weighted by atomic mass is 35.5. The summed E-state index contributed by atoms with van der Waals surface area (Å²) < 4.78 is 0. The van der Waals surface area contributed by atoms with E-state index in [2.05, 4.69) is 5.32 Å². The average molecular weight is 313 g/mol. The molecule has 3 rings (SSSR count). The lowest BCUT2D eigenvalue weighted by atomic mass is 9.93. The normalized spacial score (nSPS) is 13.9. The molecule has 1 aliphatic rings. The summed E-state index contributed by atoms with van der Waals surface area (Å²) in [4.78, 5) is 10.4. The molecule has 2 aromatic carbocycles. The van der Waals surface area contributed by atoms with Crippen LogP contribution >= 0.6 is 11.6 Å². The molecule has 22 heavy (non-hydrogen) atoms. The van der Waals surface area contributed by atoms with Crippen LogP contribution in [0.2, 0.25) is 5.02 Å². The van der Waals surface area contributed by atoms with Crippen LogP contribution in [-0.2, 0) is 0 Å². The predicted octanol–water partition coefficient (Wildman–Crippen LogP) is 4.28. The quantitative estimate of drug-likeness (QED) is 0.680. The van der Waals surface area contributed by atoms with E-state index in [9.17, 15) is 10.1 Å². The molecule has 0 spiro atoms. The first-order valence-electron chi connectivity index (χ1n) is 6.79. The monoisotopic (exact) mass is 312 g/mol. The highest BCUT2D eigenvalue weighted by Crippen LogP contribution is 2.30. The van der Waals surface area contributed by atoms with E-state index < -0.39 is 4.92 Å². The van der Waals surface area contributed by atoms with Crippen LogP contribution in [0.25, 0.3) is 11.1 Å². The molecule has 0 aliphatic carbocycles. The Labute approximate surface area is 132 Å². The second-order valence-electron chi connectivity index (χ2n) is 4.92. The number of allylic oxidation sites excluding steroid dienone is 2. The number of hydrogen-bond acceptors (Lipinski definition) is 3. The third-order valence-corrected chi connectivity index (χ3v) is 3.81. The van der Waals surface area contributed by atoms with Gasteiger partial charge in [0.25, 0.3) is 5.69 Å². The van der Waals surface area contributed by atoms with Gasteiger partial charge in [0, 0.05) is 23.7 Å². The van der Waals surface area contributed by atoms with Crippen LogP contribution in [0.3, 0.4) is 0 Å². The van der Waals surface area contributed by atoms with Gasteiger partial charge in [0.15, 0.2) is 0 Å². The molecule has 1 N–H and O–H groups in total. The Kier molecular flexibility index (Phi) is 3.94. The standard InChI is InChI=1S/C17H13ClN2O2/c18-14-5-1-13(2-6-14)17-11-19-10-9-16(17)12-3-7-15(8-4-12)20(21)22/h1-10,19H,11H2. The van der Waals surface area contributed by atoms with Crippen molar-refractivity contribution in [1.29, 1.82) is 0 Å². The van der Waals surface area contributed by atoms with Gasteiger partial charge in [-0.05, 0) is 58.8 Å². The fraction of sp³-hybridized carbons (Fsp3) is 0.0588. The van der Waals surface area contributed by atoms with E-state index >= 15 is 0 Å². The molecular weight excluding hydrogens is 300 g/mol. The van der Waals surface area contributed by atoms with E-state index in [0.29, 0.717) is 11.6 Å². The summed E-state index contributed by atoms with van der Waals surface area (Å²) in [5.74, 6) is 0. The van der Waals surface area contributed by atoms with Crippen molar-refractivity contribution in [2.75, 3.05) is 6.54 Å². The average Bonchev–Trinajstić information content (AvgIpc) is 2.56. The Morgan fingerprint density at radius 2 is 1.64 bits per heavy atom. The molecule has 4 nitrogen and oxygen atoms in total. The minimum atomic E-state index is -0.392. The van der Waals surface area contributed by atoms with Gasteiger partial charge in [0.1, 0.15) is 0 Å². The van der Waals surface area contributed by atoms with Gasteiger partial charge in [-0.25, -0.2) is 0 Å². The van der Waals surface area contributed by atoms with Crippen molar-refractivity contribution in [1.82, 2.24) is 5.32 Å². The van der Waals surface area contributed by atoms with Gasteiger partial charge in [-0.1, -0.05) is 23.7 Å². The first-order chi connectivity index (χ1) is 10.6. The predicted molar refractivity (Wildman–Crippen MR) is 88.5 cm³/mol. The number of nitro benzene ring substituents is 1. The van der Waals surface area contributed by atoms with Crippen molar-refractivity contribution < 1.29 is 4.92 Å². The summed E-state index contributed by atoms with van der Waals surface area (Å²) in [6.07, 6.45) is 3.87. The van der Waals surface area contributed by atoms with E-state index in [0.717, 1.165) is 22.3 Å². The third-order valence-electron chi connectivity index (χ3n) is 3.55. The maximum absolute atomic E-state index is 10.8. The zero-order valence-corrected chi connectivity index (χ0v) is 12.4. The van der Waals surface area contributed by atoms with Gasteiger partial charge in [0.05, 0.1) is 4.92 Å². The van der Waals surface area contributed by atoms with Crippen molar-refractivity contribution in [3.8, 4) is 0 Å². The van der Waals surface area contributed by atoms with E-state index in [-0.39, 0.29) is 5.69 Å². The Balaban J connectivity index is 2.06. The number of benzene rings is 2. The first kappa shape index (κ1) is 14.4. The summed E-state index contributed by atoms with van der Waals surface area (Å²) in [5, 5.41) is 14.7. The van der Waals surface area contributed by atoms with Crippen LogP contribution in [-0.4, -0.2) is 11.5 Å². The van der Waals surface area contributed by atoms with E-state index in [4.69, 9.17) is 11.6 Å². The summed E-state index contributed by atoms with van der Waals surface area (Å²) in [6.45, 7) is 0.699. The van der Waals surface area contributed by atoms with Crippen molar-refractivity contribution in [2.45, 2.75) is 0 Å². The smallest absolute Gasteiger partial charge is 0.269 e. The zero-order chi connectivity index (χ0) is 15.5. The number of rotatable bonds is 3. The first-order valence-corrected chi connectivity index (χ1v) is 7.17. The molecular formula is C17H13ClN2O2. The van der Waals surface area contributed by atoms with Crippen LogP contribution in [0.1, 0.15) is 11.1 Å². The number of halogens is 1. The van der Waals surface area contributed by atoms with Crippen LogP contribution in [0, 0.1) is 10.1 Å². The number of non-ortho nitro benzene ring substituents is 1. The molecule has 5 heteroatoms. The number of nitro groups is 1. The third kappa shape index (κ3) is 2.87. The lowest BCUT2D eigenvalue weighted by Gasteiger charge is -2.18. The molecule has 110 valence electrons. The van der Waals surface area contributed by atoms with Crippen molar-refractivity contribution in [2.24, 2.45) is 0 Å². The second kappa shape index (κ2) is 6.03. The molecule has 0 atom stereocenters. The summed E-state index contributed by atoms with van der Waals surface area (Å²) in [7, 11) is 0. The highest BCUT2D eigenvalue weighted by Gasteiger charge is 2.13. The molecule has 0 saturated carbocycles. The molecule has 1 aliphatic heterocycles. The van der Waals surface area contributed by atoms with Gasteiger partial charge in [0.2, 0.25) is 0 Å². The molecule has 1 heterocycles. The SMILES string of the molecule is O=[N+]([O-])c1ccc(C2=C(c3ccc(Cl)cc3)CNC=C2)cc1. The van der Waals surface area contributed by atoms with Crippen LogP contribution in [0.5, 0.6) is 0 Å². The highest BCUT2D eigenvalue weighted by molar-refractivity contribution is 6.30. The van der Waals surface area contributed by atoms with Gasteiger partial charge in [-0.15, -0.1) is 0 Å². The van der Waals surface area contributed by atoms with E-state index in [1.165, 1.54) is 12.1 Å². The molecule has 0 unspecified atom stereocenters. The Hall–Kier alpha value is -2.59. The van der Waals surface area contributed by atoms with Crippen molar-refractivity contribution >= 4 is 28.4 Å². The van der Waals surface area contributed by atoms with Gasteiger partial charge < -0.3 is 5.32 Å². The zero-order valence-electron chi connectivity index (χ0n) is 11.6. The minimum absolute atomic E-state index is 0.0929. The van der Waals surface area contributed by atoms with E-state index in [1.807, 2.05) is 36.5 Å². The fourth-order valence-corrected chi connectivity index (χ4v) is 2.57. The van der Waals surface area contributed by atoms with Crippen LogP contribution < -0.4 is 5.32 Å². The molecule has 0 radical (unpaired) electrons. The van der Waals surface area contributed by atoms with Crippen LogP contribution in [0.15, 0.2) is 60.8 Å². The molecule has 0 aromatic heterocycles. The largest absolute Gasteiger partial charge is 0.387 e. The van der Waals surface area contributed by atoms with Crippen LogP contribution in [0.4, 0.5) is 5.69 Å². The number of hydrogen-bond donors (Lipinski definition) is 1. The van der Waals surface area contributed by atoms with Gasteiger partial charge in [-0.2, -0.15) is 0 Å². The number of nitrogens with zero attached hydrogens (tertiary/aromatic N) is 1. The minimum Gasteiger partial charge on any atom is -0.387 e. The molecule has 0 saturated heterocycles.